The van der Waals surface area contributed by atoms with Gasteiger partial charge in [0, 0.05) is 0 Å². The van der Waals surface area contributed by atoms with Crippen LogP contribution in [0.25, 0.3) is 0 Å². The molecule has 30 heavy (non-hydrogen) atoms. The molecule has 2 aromatic carbocycles. The molecule has 1 atom stereocenters. The smallest absolute Gasteiger partial charge is 0.328 e. The highest BCUT2D eigenvalue weighted by atomic mass is 79.9. The van der Waals surface area contributed by atoms with Crippen molar-refractivity contribution in [2.45, 2.75) is 31.7 Å². The maximum absolute atomic E-state index is 12.4. The number of benzene rings is 2. The molecule has 4 N–H and O–H groups in total. The average molecular weight is 563 g/mol. The second-order valence-corrected chi connectivity index (χ2v) is 9.81. The lowest BCUT2D eigenvalue weighted by Gasteiger charge is -2.21. The lowest BCUT2D eigenvalue weighted by Crippen LogP contribution is -2.49. The molecule has 160 valence electrons. The highest BCUT2D eigenvalue weighted by Crippen LogP contribution is 2.42. The molecule has 1 amide bonds. The van der Waals surface area contributed by atoms with Crippen LogP contribution in [0.3, 0.4) is 0 Å². The number of aliphatic hydroxyl groups is 1. The third-order valence-corrected chi connectivity index (χ3v) is 5.91. The predicted molar refractivity (Wildman–Crippen MR) is 116 cm³/mol. The normalized spacial score (nSPS) is 13.5. The van der Waals surface area contributed by atoms with E-state index in [9.17, 15) is 24.4 Å². The van der Waals surface area contributed by atoms with Gasteiger partial charge in [0.2, 0.25) is 0 Å². The minimum absolute atomic E-state index is 0.168. The fourth-order valence-electron chi connectivity index (χ4n) is 2.27. The standard InChI is InChI=1S/C19H18Br2NO7P/c1-18(2,17(25)26)22-16(24)11-8-10(4-5-14(11)23)29-15-12(20)6-9(7-13(15)21)19(3,27)30-28/h4-8,23,27H,1-3H3,(H,22,24)(H,25,26). The predicted octanol–water partition coefficient (Wildman–Crippen LogP) is 4.76. The van der Waals surface area contributed by atoms with Crippen molar-refractivity contribution in [3.05, 3.63) is 50.4 Å². The molecule has 0 radical (unpaired) electrons. The van der Waals surface area contributed by atoms with Crippen LogP contribution < -0.4 is 10.1 Å². The van der Waals surface area contributed by atoms with Crippen LogP contribution in [0, 0.1) is 0 Å². The van der Waals surface area contributed by atoms with Gasteiger partial charge in [-0.2, -0.15) is 0 Å². The first-order chi connectivity index (χ1) is 13.8. The molecular weight excluding hydrogens is 545 g/mol. The Labute approximate surface area is 190 Å². The molecule has 0 saturated carbocycles. The van der Waals surface area contributed by atoms with Crippen molar-refractivity contribution in [1.82, 2.24) is 5.32 Å². The van der Waals surface area contributed by atoms with Gasteiger partial charge in [0.25, 0.3) is 5.91 Å². The highest BCUT2D eigenvalue weighted by Gasteiger charge is 2.30. The fraction of sp³-hybridized carbons (Fsp3) is 0.263. The van der Waals surface area contributed by atoms with Gasteiger partial charge in [0.1, 0.15) is 17.0 Å². The van der Waals surface area contributed by atoms with E-state index >= 15 is 0 Å². The lowest BCUT2D eigenvalue weighted by molar-refractivity contribution is -0.143. The molecule has 0 heterocycles. The molecule has 2 aromatic rings. The zero-order valence-electron chi connectivity index (χ0n) is 16.1. The van der Waals surface area contributed by atoms with E-state index in [0.717, 1.165) is 0 Å². The summed E-state index contributed by atoms with van der Waals surface area (Å²) in [5.74, 6) is -1.87. The topological polar surface area (TPSA) is 133 Å². The van der Waals surface area contributed by atoms with Crippen molar-refractivity contribution in [2.24, 2.45) is 0 Å². The molecule has 1 unspecified atom stereocenters. The Morgan fingerprint density at radius 1 is 1.10 bits per heavy atom. The molecule has 0 saturated heterocycles. The number of carbonyl (C=O) groups is 2. The van der Waals surface area contributed by atoms with Gasteiger partial charge in [0.15, 0.2) is 19.6 Å². The van der Waals surface area contributed by atoms with E-state index in [1.54, 1.807) is 0 Å². The molecule has 0 aromatic heterocycles. The number of amides is 1. The Bertz CT molecular complexity index is 1000. The molecule has 0 aliphatic heterocycles. The number of hydrogen-bond acceptors (Lipinski definition) is 6. The van der Waals surface area contributed by atoms with E-state index in [1.807, 2.05) is 0 Å². The number of carboxylic acid groups (broad SMARTS) is 1. The van der Waals surface area contributed by atoms with Gasteiger partial charge in [-0.15, -0.1) is 0 Å². The van der Waals surface area contributed by atoms with Crippen LogP contribution in [0.1, 0.15) is 36.7 Å². The number of hydrogen-bond donors (Lipinski definition) is 4. The Morgan fingerprint density at radius 2 is 1.67 bits per heavy atom. The van der Waals surface area contributed by atoms with Crippen molar-refractivity contribution in [3.63, 3.8) is 0 Å². The second-order valence-electron chi connectivity index (χ2n) is 7.05. The van der Waals surface area contributed by atoms with Gasteiger partial charge in [0.05, 0.1) is 14.5 Å². The van der Waals surface area contributed by atoms with E-state index in [2.05, 4.69) is 37.2 Å². The number of ether oxygens (including phenoxy) is 1. The maximum atomic E-state index is 12.4. The number of nitrogens with one attached hydrogen (secondary N) is 1. The summed E-state index contributed by atoms with van der Waals surface area (Å²) in [6, 6.07) is 7.01. The van der Waals surface area contributed by atoms with Crippen LogP contribution in [-0.4, -0.2) is 32.7 Å². The van der Waals surface area contributed by atoms with Gasteiger partial charge in [-0.05, 0) is 88.5 Å². The molecule has 0 spiro atoms. The van der Waals surface area contributed by atoms with Crippen molar-refractivity contribution in [2.75, 3.05) is 0 Å². The van der Waals surface area contributed by atoms with E-state index in [1.165, 1.54) is 51.1 Å². The Morgan fingerprint density at radius 3 is 2.17 bits per heavy atom. The largest absolute Gasteiger partial charge is 0.507 e. The van der Waals surface area contributed by atoms with E-state index in [0.29, 0.717) is 20.3 Å². The van der Waals surface area contributed by atoms with Crippen LogP contribution in [0.4, 0.5) is 0 Å². The number of aliphatic carboxylic acids is 1. The second kappa shape index (κ2) is 9.01. The van der Waals surface area contributed by atoms with Gasteiger partial charge >= 0.3 is 5.97 Å². The van der Waals surface area contributed by atoms with Crippen LogP contribution in [-0.2, 0) is 14.7 Å². The molecule has 0 aliphatic rings. The quantitative estimate of drug-likeness (QED) is 0.357. The fourth-order valence-corrected chi connectivity index (χ4v) is 3.85. The Hall–Kier alpha value is -2.00. The van der Waals surface area contributed by atoms with Gasteiger partial charge in [-0.25, -0.2) is 4.79 Å². The van der Waals surface area contributed by atoms with Crippen LogP contribution in [0.15, 0.2) is 39.3 Å². The van der Waals surface area contributed by atoms with E-state index in [-0.39, 0.29) is 17.1 Å². The van der Waals surface area contributed by atoms with Crippen molar-refractivity contribution < 1.29 is 34.2 Å². The molecule has 8 nitrogen and oxygen atoms in total. The zero-order valence-corrected chi connectivity index (χ0v) is 20.1. The first-order valence-electron chi connectivity index (χ1n) is 8.41. The van der Waals surface area contributed by atoms with Gasteiger partial charge in [-0.1, -0.05) is 0 Å². The number of rotatable bonds is 7. The molecule has 0 bridgehead atoms. The summed E-state index contributed by atoms with van der Waals surface area (Å²) in [5.41, 5.74) is -1.34. The molecule has 0 fully saturated rings. The monoisotopic (exact) mass is 561 g/mol. The van der Waals surface area contributed by atoms with E-state index in [4.69, 9.17) is 9.84 Å². The minimum atomic E-state index is -1.59. The molecule has 0 aliphatic carbocycles. The highest BCUT2D eigenvalue weighted by molar-refractivity contribution is 9.11. The van der Waals surface area contributed by atoms with Gasteiger partial charge < -0.3 is 25.4 Å². The number of halogens is 2. The van der Waals surface area contributed by atoms with Gasteiger partial charge in [-0.3, -0.25) is 9.36 Å². The summed E-state index contributed by atoms with van der Waals surface area (Å²) in [7, 11) is -0.475. The Balaban J connectivity index is 2.37. The SMILES string of the molecule is CC(C)(NC(=O)c1cc(Oc2c(Br)cc(C(C)(O)P=O)cc2Br)ccc1O)C(=O)O. The third kappa shape index (κ3) is 5.37. The number of carbonyl (C=O) groups excluding carboxylic acids is 1. The van der Waals surface area contributed by atoms with E-state index < -0.39 is 31.2 Å². The van der Waals surface area contributed by atoms with Crippen LogP contribution in [0.5, 0.6) is 17.2 Å². The third-order valence-electron chi connectivity index (χ3n) is 4.12. The number of aromatic hydroxyl groups is 1. The minimum Gasteiger partial charge on any atom is -0.507 e. The molecule has 2 rings (SSSR count). The summed E-state index contributed by atoms with van der Waals surface area (Å²) < 4.78 is 17.9. The summed E-state index contributed by atoms with van der Waals surface area (Å²) in [6.07, 6.45) is 0. The van der Waals surface area contributed by atoms with Crippen molar-refractivity contribution in [1.29, 1.82) is 0 Å². The van der Waals surface area contributed by atoms with Crippen molar-refractivity contribution in [3.8, 4) is 17.2 Å². The molecule has 11 heteroatoms. The summed E-state index contributed by atoms with van der Waals surface area (Å²) in [6.45, 7) is 4.02. The number of phenols is 1. The molecular formula is C19H18Br2NO7P. The average Bonchev–Trinajstić information content (AvgIpc) is 2.65. The summed E-state index contributed by atoms with van der Waals surface area (Å²) in [4.78, 5) is 23.7. The van der Waals surface area contributed by atoms with Crippen molar-refractivity contribution >= 4 is 52.2 Å². The summed E-state index contributed by atoms with van der Waals surface area (Å²) >= 11 is 6.66. The maximum Gasteiger partial charge on any atom is 0.328 e. The first kappa shape index (κ1) is 24.3. The number of carboxylic acids is 1. The Kier molecular flexibility index (Phi) is 7.29. The first-order valence-corrected chi connectivity index (χ1v) is 10.8. The lowest BCUT2D eigenvalue weighted by atomic mass is 10.0. The number of phenolic OH excluding ortho intramolecular Hbond substituents is 1. The summed E-state index contributed by atoms with van der Waals surface area (Å²) in [5, 5.41) is 30.1. The zero-order chi connectivity index (χ0) is 22.9. The van der Waals surface area contributed by atoms with Crippen LogP contribution in [0.2, 0.25) is 0 Å². The van der Waals surface area contributed by atoms with Crippen LogP contribution >= 0.6 is 40.3 Å².